The zero-order valence-corrected chi connectivity index (χ0v) is 15.5. The first-order valence-electron chi connectivity index (χ1n) is 8.33. The third-order valence-electron chi connectivity index (χ3n) is 3.69. The smallest absolute Gasteiger partial charge is 0.305 e. The van der Waals surface area contributed by atoms with E-state index in [9.17, 15) is 14.0 Å². The summed E-state index contributed by atoms with van der Waals surface area (Å²) < 4.78 is 19.3. The van der Waals surface area contributed by atoms with Crippen LogP contribution in [0.5, 0.6) is 0 Å². The van der Waals surface area contributed by atoms with E-state index < -0.39 is 0 Å². The summed E-state index contributed by atoms with van der Waals surface area (Å²) in [6.07, 6.45) is 0.718. The molecule has 2 rings (SSSR count). The molecular weight excluding hydrogens is 361 g/mol. The minimum absolute atomic E-state index is 0.217. The average Bonchev–Trinajstić information content (AvgIpc) is 2.87. The molecule has 0 spiro atoms. The van der Waals surface area contributed by atoms with Gasteiger partial charge in [0.1, 0.15) is 11.0 Å². The van der Waals surface area contributed by atoms with Crippen LogP contribution in [0.15, 0.2) is 24.3 Å². The maximum absolute atomic E-state index is 13.0. The monoisotopic (exact) mass is 381 g/mol. The number of esters is 1. The SMILES string of the molecule is CCOC(=O)CCCNC(=O)c1c(C)nn(Cc2ccc(F)cc2)c1Cl. The predicted molar refractivity (Wildman–Crippen MR) is 95.7 cm³/mol. The van der Waals surface area contributed by atoms with Gasteiger partial charge in [0.15, 0.2) is 0 Å². The number of hydrogen-bond acceptors (Lipinski definition) is 4. The molecule has 1 N–H and O–H groups in total. The fourth-order valence-electron chi connectivity index (χ4n) is 2.43. The lowest BCUT2D eigenvalue weighted by molar-refractivity contribution is -0.143. The van der Waals surface area contributed by atoms with Crippen molar-refractivity contribution in [1.82, 2.24) is 15.1 Å². The highest BCUT2D eigenvalue weighted by molar-refractivity contribution is 6.33. The Morgan fingerprint density at radius 3 is 2.65 bits per heavy atom. The highest BCUT2D eigenvalue weighted by Crippen LogP contribution is 2.21. The first kappa shape index (κ1) is 19.9. The number of carbonyl (C=O) groups excluding carboxylic acids is 2. The molecule has 6 nitrogen and oxygen atoms in total. The molecule has 0 saturated heterocycles. The molecule has 2 aromatic rings. The molecular formula is C18H21ClFN3O3. The molecule has 26 heavy (non-hydrogen) atoms. The number of nitrogens with one attached hydrogen (secondary N) is 1. The first-order chi connectivity index (χ1) is 12.4. The fourth-order valence-corrected chi connectivity index (χ4v) is 2.76. The van der Waals surface area contributed by atoms with Gasteiger partial charge in [-0.1, -0.05) is 23.7 Å². The molecule has 0 atom stereocenters. The van der Waals surface area contributed by atoms with Crippen LogP contribution in [0.4, 0.5) is 4.39 Å². The molecule has 0 aliphatic carbocycles. The van der Waals surface area contributed by atoms with Gasteiger partial charge in [-0.15, -0.1) is 0 Å². The number of halogens is 2. The van der Waals surface area contributed by atoms with Crippen molar-refractivity contribution in [3.8, 4) is 0 Å². The van der Waals surface area contributed by atoms with E-state index in [1.807, 2.05) is 0 Å². The standard InChI is InChI=1S/C18H21ClFN3O3/c1-3-26-15(24)5-4-10-21-18(25)16-12(2)22-23(17(16)19)11-13-6-8-14(20)9-7-13/h6-9H,3-5,10-11H2,1-2H3,(H,21,25). The number of carbonyl (C=O) groups is 2. The molecule has 0 radical (unpaired) electrons. The second kappa shape index (κ2) is 9.33. The molecule has 1 aromatic carbocycles. The minimum Gasteiger partial charge on any atom is -0.466 e. The van der Waals surface area contributed by atoms with Crippen LogP contribution < -0.4 is 5.32 Å². The van der Waals surface area contributed by atoms with Gasteiger partial charge in [0.05, 0.1) is 24.4 Å². The number of ether oxygens (including phenoxy) is 1. The number of amides is 1. The van der Waals surface area contributed by atoms with Crippen molar-refractivity contribution < 1.29 is 18.7 Å². The van der Waals surface area contributed by atoms with Crippen LogP contribution in [0.25, 0.3) is 0 Å². The van der Waals surface area contributed by atoms with E-state index in [-0.39, 0.29) is 29.3 Å². The minimum atomic E-state index is -0.346. The van der Waals surface area contributed by atoms with E-state index in [0.717, 1.165) is 5.56 Å². The van der Waals surface area contributed by atoms with Gasteiger partial charge in [-0.3, -0.25) is 9.59 Å². The van der Waals surface area contributed by atoms with Crippen LogP contribution in [0.2, 0.25) is 5.15 Å². The lowest BCUT2D eigenvalue weighted by Crippen LogP contribution is -2.25. The van der Waals surface area contributed by atoms with E-state index >= 15 is 0 Å². The van der Waals surface area contributed by atoms with Crippen molar-refractivity contribution in [1.29, 1.82) is 0 Å². The summed E-state index contributed by atoms with van der Waals surface area (Å²) in [6.45, 7) is 4.44. The summed E-state index contributed by atoms with van der Waals surface area (Å²) in [4.78, 5) is 23.6. The number of nitrogens with zero attached hydrogens (tertiary/aromatic N) is 2. The van der Waals surface area contributed by atoms with Gasteiger partial charge in [0, 0.05) is 13.0 Å². The van der Waals surface area contributed by atoms with Gasteiger partial charge in [-0.25, -0.2) is 9.07 Å². The molecule has 8 heteroatoms. The Labute approximate surface area is 156 Å². The Bertz CT molecular complexity index is 775. The molecule has 0 unspecified atom stereocenters. The molecule has 0 fully saturated rings. The highest BCUT2D eigenvalue weighted by Gasteiger charge is 2.20. The summed E-state index contributed by atoms with van der Waals surface area (Å²) in [5.74, 6) is -0.954. The van der Waals surface area contributed by atoms with Crippen molar-refractivity contribution in [2.24, 2.45) is 0 Å². The Morgan fingerprint density at radius 1 is 1.31 bits per heavy atom. The fraction of sp³-hybridized carbons (Fsp3) is 0.389. The topological polar surface area (TPSA) is 73.2 Å². The summed E-state index contributed by atoms with van der Waals surface area (Å²) in [7, 11) is 0. The van der Waals surface area contributed by atoms with Gasteiger partial charge in [0.25, 0.3) is 5.91 Å². The van der Waals surface area contributed by atoms with Gasteiger partial charge < -0.3 is 10.1 Å². The zero-order chi connectivity index (χ0) is 19.1. The third kappa shape index (κ3) is 5.29. The van der Waals surface area contributed by atoms with Crippen LogP contribution in [-0.2, 0) is 16.1 Å². The molecule has 1 aromatic heterocycles. The molecule has 0 aliphatic heterocycles. The molecule has 0 bridgehead atoms. The van der Waals surface area contributed by atoms with Crippen molar-refractivity contribution in [3.05, 3.63) is 52.1 Å². The largest absolute Gasteiger partial charge is 0.466 e. The van der Waals surface area contributed by atoms with E-state index in [1.54, 1.807) is 26.0 Å². The molecule has 0 saturated carbocycles. The lowest BCUT2D eigenvalue weighted by Gasteiger charge is -2.06. The van der Waals surface area contributed by atoms with Crippen LogP contribution in [-0.4, -0.2) is 34.8 Å². The quantitative estimate of drug-likeness (QED) is 0.563. The lowest BCUT2D eigenvalue weighted by atomic mass is 10.2. The van der Waals surface area contributed by atoms with Crippen molar-refractivity contribution >= 4 is 23.5 Å². The number of benzene rings is 1. The van der Waals surface area contributed by atoms with Crippen molar-refractivity contribution in [3.63, 3.8) is 0 Å². The number of hydrogen-bond donors (Lipinski definition) is 1. The van der Waals surface area contributed by atoms with E-state index in [2.05, 4.69) is 10.4 Å². The Balaban J connectivity index is 1.96. The second-order valence-corrected chi connectivity index (χ2v) is 6.06. The predicted octanol–water partition coefficient (Wildman–Crippen LogP) is 3.11. The molecule has 1 amide bonds. The maximum Gasteiger partial charge on any atom is 0.305 e. The molecule has 0 aliphatic rings. The Kier molecular flexibility index (Phi) is 7.15. The second-order valence-electron chi connectivity index (χ2n) is 5.70. The number of rotatable bonds is 8. The van der Waals surface area contributed by atoms with E-state index in [0.29, 0.717) is 37.4 Å². The highest BCUT2D eigenvalue weighted by atomic mass is 35.5. The summed E-state index contributed by atoms with van der Waals surface area (Å²) in [5, 5.41) is 7.23. The first-order valence-corrected chi connectivity index (χ1v) is 8.71. The Hall–Kier alpha value is -2.41. The summed E-state index contributed by atoms with van der Waals surface area (Å²) >= 11 is 6.30. The van der Waals surface area contributed by atoms with Gasteiger partial charge in [-0.2, -0.15) is 5.10 Å². The van der Waals surface area contributed by atoms with Gasteiger partial charge in [-0.05, 0) is 38.0 Å². The molecule has 140 valence electrons. The van der Waals surface area contributed by atoms with Crippen LogP contribution >= 0.6 is 11.6 Å². The number of aryl methyl sites for hydroxylation is 1. The normalized spacial score (nSPS) is 10.6. The van der Waals surface area contributed by atoms with Crippen molar-refractivity contribution in [2.75, 3.05) is 13.2 Å². The van der Waals surface area contributed by atoms with Crippen LogP contribution in [0.3, 0.4) is 0 Å². The molecule has 1 heterocycles. The van der Waals surface area contributed by atoms with E-state index in [1.165, 1.54) is 16.8 Å². The van der Waals surface area contributed by atoms with Crippen molar-refractivity contribution in [2.45, 2.75) is 33.2 Å². The summed E-state index contributed by atoms with van der Waals surface area (Å²) in [6, 6.07) is 5.99. The van der Waals surface area contributed by atoms with Gasteiger partial charge >= 0.3 is 5.97 Å². The zero-order valence-electron chi connectivity index (χ0n) is 14.7. The number of aromatic nitrogens is 2. The van der Waals surface area contributed by atoms with Gasteiger partial charge in [0.2, 0.25) is 0 Å². The third-order valence-corrected chi connectivity index (χ3v) is 4.07. The average molecular weight is 382 g/mol. The maximum atomic E-state index is 13.0. The van der Waals surface area contributed by atoms with Crippen LogP contribution in [0.1, 0.15) is 41.4 Å². The van der Waals surface area contributed by atoms with Crippen LogP contribution in [0, 0.1) is 12.7 Å². The Morgan fingerprint density at radius 2 is 2.00 bits per heavy atom. The van der Waals surface area contributed by atoms with E-state index in [4.69, 9.17) is 16.3 Å². The summed E-state index contributed by atoms with van der Waals surface area (Å²) in [5.41, 5.74) is 1.61.